The van der Waals surface area contributed by atoms with Gasteiger partial charge in [-0.15, -0.1) is 0 Å². The summed E-state index contributed by atoms with van der Waals surface area (Å²) in [5, 5.41) is 3.75. The zero-order chi connectivity index (χ0) is 19.5. The van der Waals surface area contributed by atoms with E-state index in [2.05, 4.69) is 5.32 Å². The van der Waals surface area contributed by atoms with Crippen molar-refractivity contribution in [2.45, 2.75) is 31.1 Å². The number of rotatable bonds is 5. The van der Waals surface area contributed by atoms with Crippen LogP contribution >= 0.6 is 11.6 Å². The van der Waals surface area contributed by atoms with Crippen LogP contribution in [-0.4, -0.2) is 57.7 Å². The van der Waals surface area contributed by atoms with Gasteiger partial charge in [-0.05, 0) is 49.3 Å². The Hall–Kier alpha value is -1.15. The Morgan fingerprint density at radius 3 is 2.56 bits per heavy atom. The summed E-state index contributed by atoms with van der Waals surface area (Å²) < 4.78 is 30.3. The average Bonchev–Trinajstić information content (AvgIpc) is 2.66. The maximum absolute atomic E-state index is 13.2. The molecular formula is C19H27ClN2O4S. The molecule has 2 aliphatic rings. The molecule has 0 saturated carbocycles. The number of benzene rings is 1. The minimum atomic E-state index is -3.13. The molecule has 0 aromatic heterocycles. The Morgan fingerprint density at radius 2 is 1.96 bits per heavy atom. The molecule has 1 aromatic carbocycles. The molecule has 2 aliphatic heterocycles. The van der Waals surface area contributed by atoms with Gasteiger partial charge in [0.1, 0.15) is 0 Å². The van der Waals surface area contributed by atoms with E-state index in [0.29, 0.717) is 56.6 Å². The largest absolute Gasteiger partial charge is 0.381 e. The number of piperidine rings is 1. The first kappa shape index (κ1) is 20.6. The van der Waals surface area contributed by atoms with Crippen LogP contribution in [0.15, 0.2) is 24.3 Å². The molecule has 2 fully saturated rings. The van der Waals surface area contributed by atoms with Crippen LogP contribution < -0.4 is 5.32 Å². The minimum Gasteiger partial charge on any atom is -0.381 e. The predicted octanol–water partition coefficient (Wildman–Crippen LogP) is 2.18. The fraction of sp³-hybridized carbons (Fsp3) is 0.632. The van der Waals surface area contributed by atoms with E-state index < -0.39 is 15.4 Å². The highest BCUT2D eigenvalue weighted by atomic mass is 35.5. The van der Waals surface area contributed by atoms with Crippen molar-refractivity contribution in [2.75, 3.05) is 39.1 Å². The number of amides is 1. The van der Waals surface area contributed by atoms with Crippen molar-refractivity contribution in [1.29, 1.82) is 0 Å². The van der Waals surface area contributed by atoms with Crippen molar-refractivity contribution < 1.29 is 17.9 Å². The lowest BCUT2D eigenvalue weighted by molar-refractivity contribution is -0.130. The maximum Gasteiger partial charge on any atom is 0.230 e. The summed E-state index contributed by atoms with van der Waals surface area (Å²) in [6.07, 6.45) is 4.04. The van der Waals surface area contributed by atoms with Crippen molar-refractivity contribution in [3.8, 4) is 0 Å². The number of hydrogen-bond acceptors (Lipinski definition) is 4. The van der Waals surface area contributed by atoms with Crippen LogP contribution in [0.3, 0.4) is 0 Å². The molecule has 0 aliphatic carbocycles. The molecular weight excluding hydrogens is 388 g/mol. The second kappa shape index (κ2) is 8.47. The van der Waals surface area contributed by atoms with Crippen LogP contribution in [0, 0.1) is 5.92 Å². The van der Waals surface area contributed by atoms with Gasteiger partial charge >= 0.3 is 0 Å². The SMILES string of the molecule is CS(=O)(=O)N1CCC(CNC(=O)C2(c3cccc(Cl)c3)CCOCC2)CC1. The standard InChI is InChI=1S/C19H27ClN2O4S/c1-27(24,25)22-9-5-15(6-10-22)14-21-18(23)19(7-11-26-12-8-19)16-3-2-4-17(20)13-16/h2-4,13,15H,5-12,14H2,1H3,(H,21,23). The third-order valence-corrected chi connectivity index (χ3v) is 7.29. The highest BCUT2D eigenvalue weighted by Crippen LogP contribution is 2.36. The zero-order valence-corrected chi connectivity index (χ0v) is 17.2. The molecule has 2 saturated heterocycles. The molecule has 1 N–H and O–H groups in total. The number of carbonyl (C=O) groups is 1. The molecule has 2 heterocycles. The Kier molecular flexibility index (Phi) is 6.46. The first-order valence-electron chi connectivity index (χ1n) is 9.38. The van der Waals surface area contributed by atoms with E-state index in [1.807, 2.05) is 24.3 Å². The third-order valence-electron chi connectivity index (χ3n) is 5.75. The number of carbonyl (C=O) groups excluding carboxylic acids is 1. The number of nitrogens with zero attached hydrogens (tertiary/aromatic N) is 1. The fourth-order valence-electron chi connectivity index (χ4n) is 4.00. The Bertz CT molecular complexity index is 770. The smallest absolute Gasteiger partial charge is 0.230 e. The number of halogens is 1. The summed E-state index contributed by atoms with van der Waals surface area (Å²) in [6, 6.07) is 7.52. The van der Waals surface area contributed by atoms with Crippen LogP contribution in [0.5, 0.6) is 0 Å². The van der Waals surface area contributed by atoms with Gasteiger partial charge < -0.3 is 10.1 Å². The second-order valence-corrected chi connectivity index (χ2v) is 9.94. The molecule has 6 nitrogen and oxygen atoms in total. The minimum absolute atomic E-state index is 0.0126. The summed E-state index contributed by atoms with van der Waals surface area (Å²) in [5.41, 5.74) is 0.319. The number of sulfonamides is 1. The summed E-state index contributed by atoms with van der Waals surface area (Å²) in [6.45, 7) is 2.71. The van der Waals surface area contributed by atoms with Gasteiger partial charge in [-0.25, -0.2) is 12.7 Å². The Balaban J connectivity index is 1.64. The lowest BCUT2D eigenvalue weighted by Gasteiger charge is -2.37. The van der Waals surface area contributed by atoms with E-state index >= 15 is 0 Å². The van der Waals surface area contributed by atoms with Crippen molar-refractivity contribution in [3.63, 3.8) is 0 Å². The van der Waals surface area contributed by atoms with E-state index in [1.54, 1.807) is 0 Å². The van der Waals surface area contributed by atoms with Gasteiger partial charge in [0, 0.05) is 37.9 Å². The van der Waals surface area contributed by atoms with E-state index in [-0.39, 0.29) is 5.91 Å². The molecule has 0 spiro atoms. The van der Waals surface area contributed by atoms with E-state index in [9.17, 15) is 13.2 Å². The van der Waals surface area contributed by atoms with E-state index in [0.717, 1.165) is 18.4 Å². The Labute approximate surface area is 166 Å². The molecule has 0 bridgehead atoms. The van der Waals surface area contributed by atoms with Crippen molar-refractivity contribution in [3.05, 3.63) is 34.9 Å². The van der Waals surface area contributed by atoms with Crippen LogP contribution in [0.4, 0.5) is 0 Å². The van der Waals surface area contributed by atoms with Gasteiger partial charge in [0.15, 0.2) is 0 Å². The molecule has 0 unspecified atom stereocenters. The lowest BCUT2D eigenvalue weighted by Crippen LogP contribution is -2.50. The van der Waals surface area contributed by atoms with E-state index in [1.165, 1.54) is 10.6 Å². The molecule has 3 rings (SSSR count). The second-order valence-electron chi connectivity index (χ2n) is 7.52. The molecule has 0 atom stereocenters. The molecule has 1 amide bonds. The Morgan fingerprint density at radius 1 is 1.30 bits per heavy atom. The fourth-order valence-corrected chi connectivity index (χ4v) is 5.07. The normalized spacial score (nSPS) is 21.7. The van der Waals surface area contributed by atoms with Gasteiger partial charge in [-0.3, -0.25) is 4.79 Å². The van der Waals surface area contributed by atoms with Gasteiger partial charge in [-0.2, -0.15) is 0 Å². The monoisotopic (exact) mass is 414 g/mol. The van der Waals surface area contributed by atoms with Crippen LogP contribution in [0.25, 0.3) is 0 Å². The highest BCUT2D eigenvalue weighted by Gasteiger charge is 2.42. The number of hydrogen-bond donors (Lipinski definition) is 1. The summed E-state index contributed by atoms with van der Waals surface area (Å²) >= 11 is 6.16. The molecule has 0 radical (unpaired) electrons. The summed E-state index contributed by atoms with van der Waals surface area (Å²) in [5.74, 6) is 0.307. The predicted molar refractivity (Wildman–Crippen MR) is 105 cm³/mol. The lowest BCUT2D eigenvalue weighted by atomic mass is 9.73. The van der Waals surface area contributed by atoms with Crippen LogP contribution in [0.1, 0.15) is 31.2 Å². The molecule has 150 valence electrons. The van der Waals surface area contributed by atoms with Gasteiger partial charge in [0.05, 0.1) is 11.7 Å². The van der Waals surface area contributed by atoms with E-state index in [4.69, 9.17) is 16.3 Å². The third kappa shape index (κ3) is 4.83. The van der Waals surface area contributed by atoms with Gasteiger partial charge in [-0.1, -0.05) is 23.7 Å². The highest BCUT2D eigenvalue weighted by molar-refractivity contribution is 7.88. The topological polar surface area (TPSA) is 75.7 Å². The molecule has 1 aromatic rings. The van der Waals surface area contributed by atoms with Crippen molar-refractivity contribution in [1.82, 2.24) is 9.62 Å². The van der Waals surface area contributed by atoms with Crippen LogP contribution in [-0.2, 0) is 25.0 Å². The average molecular weight is 415 g/mol. The summed E-state index contributed by atoms with van der Waals surface area (Å²) in [4.78, 5) is 13.2. The van der Waals surface area contributed by atoms with Crippen molar-refractivity contribution >= 4 is 27.5 Å². The number of nitrogens with one attached hydrogen (secondary N) is 1. The first-order valence-corrected chi connectivity index (χ1v) is 11.6. The van der Waals surface area contributed by atoms with Gasteiger partial charge in [0.25, 0.3) is 0 Å². The van der Waals surface area contributed by atoms with Crippen molar-refractivity contribution in [2.24, 2.45) is 5.92 Å². The van der Waals surface area contributed by atoms with Gasteiger partial charge in [0.2, 0.25) is 15.9 Å². The summed E-state index contributed by atoms with van der Waals surface area (Å²) in [7, 11) is -3.13. The first-order chi connectivity index (χ1) is 12.8. The zero-order valence-electron chi connectivity index (χ0n) is 15.6. The molecule has 27 heavy (non-hydrogen) atoms. The quantitative estimate of drug-likeness (QED) is 0.801. The maximum atomic E-state index is 13.2. The molecule has 8 heteroatoms. The number of ether oxygens (including phenoxy) is 1. The van der Waals surface area contributed by atoms with Crippen LogP contribution in [0.2, 0.25) is 5.02 Å².